The van der Waals surface area contributed by atoms with E-state index in [4.69, 9.17) is 17.3 Å². The maximum absolute atomic E-state index is 10.9. The zero-order chi connectivity index (χ0) is 16.8. The van der Waals surface area contributed by atoms with Crippen LogP contribution in [0.3, 0.4) is 0 Å². The van der Waals surface area contributed by atoms with E-state index in [-0.39, 0.29) is 0 Å². The molecule has 2 N–H and O–H groups in total. The van der Waals surface area contributed by atoms with Gasteiger partial charge in [-0.1, -0.05) is 35.9 Å². The lowest BCUT2D eigenvalue weighted by Crippen LogP contribution is -2.00. The minimum Gasteiger partial charge on any atom is -0.395 e. The van der Waals surface area contributed by atoms with Crippen LogP contribution in [0.2, 0.25) is 5.02 Å². The Kier molecular flexibility index (Phi) is 3.25. The Morgan fingerprint density at radius 3 is 2.58 bits per heavy atom. The fourth-order valence-corrected chi connectivity index (χ4v) is 3.20. The molecule has 0 saturated heterocycles. The number of anilines is 1. The number of pyridine rings is 1. The topological polar surface area (TPSA) is 73.3 Å². The minimum absolute atomic E-state index is 0.532. The van der Waals surface area contributed by atoms with Gasteiger partial charge in [-0.05, 0) is 30.7 Å². The number of aromatic nitrogens is 3. The van der Waals surface area contributed by atoms with Crippen LogP contribution in [-0.4, -0.2) is 20.9 Å². The van der Waals surface area contributed by atoms with Crippen molar-refractivity contribution in [3.63, 3.8) is 0 Å². The number of carbonyl (C=O) groups is 1. The number of hydrogen-bond acceptors (Lipinski definition) is 4. The summed E-state index contributed by atoms with van der Waals surface area (Å²) in [6, 6.07) is 12.9. The van der Waals surface area contributed by atoms with Gasteiger partial charge in [-0.2, -0.15) is 0 Å². The molecular weight excluding hydrogens is 324 g/mol. The van der Waals surface area contributed by atoms with Crippen LogP contribution in [0.5, 0.6) is 0 Å². The van der Waals surface area contributed by atoms with Gasteiger partial charge >= 0.3 is 0 Å². The van der Waals surface area contributed by atoms with Crippen LogP contribution in [0.4, 0.5) is 5.69 Å². The third kappa shape index (κ3) is 2.06. The summed E-state index contributed by atoms with van der Waals surface area (Å²) in [6.07, 6.45) is 0.813. The molecule has 2 aromatic carbocycles. The molecule has 4 aromatic rings. The number of aryl methyl sites for hydroxylation is 1. The quantitative estimate of drug-likeness (QED) is 0.563. The first-order valence-corrected chi connectivity index (χ1v) is 7.76. The highest BCUT2D eigenvalue weighted by Gasteiger charge is 2.17. The molecule has 0 unspecified atom stereocenters. The number of nitrogens with two attached hydrogens (primary N) is 1. The Labute approximate surface area is 142 Å². The first kappa shape index (κ1) is 14.7. The monoisotopic (exact) mass is 336 g/mol. The summed E-state index contributed by atoms with van der Waals surface area (Å²) in [6.45, 7) is 1.88. The first-order chi connectivity index (χ1) is 11.6. The molecule has 0 saturated carbocycles. The Hall–Kier alpha value is -2.92. The molecule has 0 spiro atoms. The number of carbonyl (C=O) groups excluding carboxylic acids is 1. The summed E-state index contributed by atoms with van der Waals surface area (Å²) >= 11 is 6.22. The number of halogens is 1. The summed E-state index contributed by atoms with van der Waals surface area (Å²) in [5.74, 6) is 0.756. The maximum Gasteiger partial charge on any atom is 0.185 e. The molecule has 0 aliphatic heterocycles. The van der Waals surface area contributed by atoms with Gasteiger partial charge in [0.1, 0.15) is 12.1 Å². The average Bonchev–Trinajstić information content (AvgIpc) is 2.98. The van der Waals surface area contributed by atoms with Crippen LogP contribution in [-0.2, 0) is 0 Å². The molecule has 0 amide bonds. The highest BCUT2D eigenvalue weighted by Crippen LogP contribution is 2.37. The fraction of sp³-hybridized carbons (Fsp3) is 0.0556. The molecule has 5 nitrogen and oxygen atoms in total. The molecule has 2 aromatic heterocycles. The second-order valence-electron chi connectivity index (χ2n) is 5.60. The van der Waals surface area contributed by atoms with Gasteiger partial charge in [0.2, 0.25) is 0 Å². The number of benzene rings is 2. The van der Waals surface area contributed by atoms with Crippen molar-refractivity contribution in [1.82, 2.24) is 14.6 Å². The fourth-order valence-electron chi connectivity index (χ4n) is 3.02. The van der Waals surface area contributed by atoms with E-state index < -0.39 is 0 Å². The predicted octanol–water partition coefficient (Wildman–Crippen LogP) is 3.91. The number of aldehydes is 1. The molecule has 0 aliphatic carbocycles. The van der Waals surface area contributed by atoms with E-state index in [0.717, 1.165) is 34.1 Å². The second kappa shape index (κ2) is 5.32. The molecule has 0 fully saturated rings. The Balaban J connectivity index is 2.17. The van der Waals surface area contributed by atoms with E-state index in [2.05, 4.69) is 10.2 Å². The van der Waals surface area contributed by atoms with Crippen molar-refractivity contribution in [2.24, 2.45) is 0 Å². The number of nitrogens with zero attached hydrogens (tertiary/aromatic N) is 3. The van der Waals surface area contributed by atoms with E-state index >= 15 is 0 Å². The van der Waals surface area contributed by atoms with E-state index in [9.17, 15) is 4.79 Å². The van der Waals surface area contributed by atoms with E-state index in [1.54, 1.807) is 12.1 Å². The molecule has 118 valence electrons. The molecule has 0 radical (unpaired) electrons. The van der Waals surface area contributed by atoms with Crippen molar-refractivity contribution >= 4 is 40.1 Å². The third-order valence-electron chi connectivity index (χ3n) is 4.14. The molecule has 2 heterocycles. The van der Waals surface area contributed by atoms with Gasteiger partial charge in [-0.3, -0.25) is 9.20 Å². The average molecular weight is 337 g/mol. The Bertz CT molecular complexity index is 1100. The number of nitrogen functional groups attached to an aromatic ring is 1. The smallest absolute Gasteiger partial charge is 0.185 e. The van der Waals surface area contributed by atoms with Gasteiger partial charge in [0.15, 0.2) is 5.65 Å². The highest BCUT2D eigenvalue weighted by molar-refractivity contribution is 6.31. The highest BCUT2D eigenvalue weighted by atomic mass is 35.5. The Morgan fingerprint density at radius 1 is 1.12 bits per heavy atom. The molecule has 0 atom stereocenters. The van der Waals surface area contributed by atoms with Crippen molar-refractivity contribution in [2.75, 3.05) is 5.73 Å². The van der Waals surface area contributed by atoms with Crippen molar-refractivity contribution in [3.05, 3.63) is 58.9 Å². The van der Waals surface area contributed by atoms with Gasteiger partial charge in [0.25, 0.3) is 0 Å². The van der Waals surface area contributed by atoms with Crippen LogP contribution in [0.25, 0.3) is 27.7 Å². The summed E-state index contributed by atoms with van der Waals surface area (Å²) in [7, 11) is 0. The summed E-state index contributed by atoms with van der Waals surface area (Å²) in [5, 5.41) is 9.89. The van der Waals surface area contributed by atoms with Crippen LogP contribution in [0, 0.1) is 6.92 Å². The van der Waals surface area contributed by atoms with Gasteiger partial charge in [-0.15, -0.1) is 10.2 Å². The summed E-state index contributed by atoms with van der Waals surface area (Å²) in [5.41, 5.74) is 10.8. The molecule has 4 rings (SSSR count). The van der Waals surface area contributed by atoms with E-state index in [1.807, 2.05) is 41.7 Å². The van der Waals surface area contributed by atoms with Gasteiger partial charge < -0.3 is 5.73 Å². The standard InChI is InChI=1S/C18H13ClN4O/c1-10-21-22-18-17(20)16(12-4-2-11(9-24)3-5-12)14-8-13(19)6-7-15(14)23(10)18/h2-9H,20H2,1H3. The zero-order valence-electron chi connectivity index (χ0n) is 12.8. The van der Waals surface area contributed by atoms with Gasteiger partial charge in [-0.25, -0.2) is 0 Å². The minimum atomic E-state index is 0.532. The Morgan fingerprint density at radius 2 is 1.88 bits per heavy atom. The third-order valence-corrected chi connectivity index (χ3v) is 4.37. The number of hydrogen-bond donors (Lipinski definition) is 1. The molecule has 6 heteroatoms. The second-order valence-corrected chi connectivity index (χ2v) is 6.03. The normalized spacial score (nSPS) is 11.2. The lowest BCUT2D eigenvalue weighted by Gasteiger charge is -2.14. The summed E-state index contributed by atoms with van der Waals surface area (Å²) in [4.78, 5) is 10.9. The van der Waals surface area contributed by atoms with E-state index in [1.165, 1.54) is 0 Å². The van der Waals surface area contributed by atoms with Crippen LogP contribution in [0.15, 0.2) is 42.5 Å². The van der Waals surface area contributed by atoms with Crippen LogP contribution < -0.4 is 5.73 Å². The largest absolute Gasteiger partial charge is 0.395 e. The first-order valence-electron chi connectivity index (χ1n) is 7.38. The SMILES string of the molecule is Cc1nnc2c(N)c(-c3ccc(C=O)cc3)c3cc(Cl)ccc3n12. The molecule has 0 aliphatic rings. The molecular formula is C18H13ClN4O. The number of rotatable bonds is 2. The van der Waals surface area contributed by atoms with Gasteiger partial charge in [0.05, 0.1) is 11.2 Å². The molecule has 0 bridgehead atoms. The van der Waals surface area contributed by atoms with Crippen molar-refractivity contribution in [1.29, 1.82) is 0 Å². The predicted molar refractivity (Wildman–Crippen MR) is 95.5 cm³/mol. The zero-order valence-corrected chi connectivity index (χ0v) is 13.6. The lowest BCUT2D eigenvalue weighted by molar-refractivity contribution is 0.112. The van der Waals surface area contributed by atoms with E-state index in [0.29, 0.717) is 21.9 Å². The van der Waals surface area contributed by atoms with Gasteiger partial charge in [0, 0.05) is 21.5 Å². The number of fused-ring (bicyclic) bond motifs is 3. The maximum atomic E-state index is 10.9. The van der Waals surface area contributed by atoms with Crippen LogP contribution in [0.1, 0.15) is 16.2 Å². The van der Waals surface area contributed by atoms with Crippen molar-refractivity contribution in [3.8, 4) is 11.1 Å². The van der Waals surface area contributed by atoms with Crippen LogP contribution >= 0.6 is 11.6 Å². The van der Waals surface area contributed by atoms with Crippen molar-refractivity contribution in [2.45, 2.75) is 6.92 Å². The summed E-state index contributed by atoms with van der Waals surface area (Å²) < 4.78 is 1.92. The van der Waals surface area contributed by atoms with Crippen molar-refractivity contribution < 1.29 is 4.79 Å². The molecule has 24 heavy (non-hydrogen) atoms. The lowest BCUT2D eigenvalue weighted by atomic mass is 9.98.